The highest BCUT2D eigenvalue weighted by molar-refractivity contribution is 7.71. The van der Waals surface area contributed by atoms with E-state index in [-0.39, 0.29) is 17.9 Å². The fraction of sp³-hybridized carbons (Fsp3) is 0.375. The van der Waals surface area contributed by atoms with E-state index in [2.05, 4.69) is 4.98 Å². The van der Waals surface area contributed by atoms with Crippen LogP contribution in [0, 0.1) is 10.5 Å². The number of nitrogens with one attached hydrogen (secondary N) is 1. The van der Waals surface area contributed by atoms with Crippen LogP contribution in [-0.2, 0) is 20.4 Å². The maximum Gasteiger partial charge on any atom is 0.619 e. The van der Waals surface area contributed by atoms with Crippen molar-refractivity contribution in [3.8, 4) is 5.75 Å². The monoisotopic (exact) mass is 415 g/mol. The van der Waals surface area contributed by atoms with Crippen LogP contribution >= 0.6 is 20.4 Å². The summed E-state index contributed by atoms with van der Waals surface area (Å²) in [5.41, 5.74) is 0.278. The number of H-pyrrole nitrogens is 1. The predicted molar refractivity (Wildman–Crippen MR) is 95.9 cm³/mol. The normalized spacial score (nSPS) is 27.2. The number of ether oxygens (including phenoxy) is 1. The van der Waals surface area contributed by atoms with Gasteiger partial charge in [0.2, 0.25) is 0 Å². The fourth-order valence-corrected chi connectivity index (χ4v) is 4.35. The van der Waals surface area contributed by atoms with Crippen LogP contribution in [0.15, 0.2) is 35.3 Å². The molecule has 0 aliphatic carbocycles. The van der Waals surface area contributed by atoms with Gasteiger partial charge >= 0.3 is 13.9 Å². The molecule has 27 heavy (non-hydrogen) atoms. The summed E-state index contributed by atoms with van der Waals surface area (Å²) in [5, 5.41) is 0. The smallest absolute Gasteiger partial charge is 0.352 e. The van der Waals surface area contributed by atoms with E-state index in [1.165, 1.54) is 0 Å². The van der Waals surface area contributed by atoms with Gasteiger partial charge in [-0.25, -0.2) is 9.18 Å². The lowest BCUT2D eigenvalue weighted by Crippen LogP contribution is -2.28. The number of rotatable bonds is 4. The second-order valence-corrected chi connectivity index (χ2v) is 8.21. The Morgan fingerprint density at radius 3 is 3.07 bits per heavy atom. The van der Waals surface area contributed by atoms with Crippen molar-refractivity contribution in [1.29, 1.82) is 0 Å². The Hall–Kier alpha value is -1.68. The lowest BCUT2D eigenvalue weighted by atomic mass is 10.2. The first-order chi connectivity index (χ1) is 12.9. The third-order valence-electron chi connectivity index (χ3n) is 4.31. The second kappa shape index (κ2) is 7.38. The first-order valence-corrected chi connectivity index (χ1v) is 10.2. The van der Waals surface area contributed by atoms with Crippen molar-refractivity contribution in [1.82, 2.24) is 9.55 Å². The lowest BCUT2D eigenvalue weighted by Gasteiger charge is -2.22. The van der Waals surface area contributed by atoms with Gasteiger partial charge in [-0.1, -0.05) is 30.4 Å². The van der Waals surface area contributed by atoms with Gasteiger partial charge in [0.1, 0.15) is 24.1 Å². The summed E-state index contributed by atoms with van der Waals surface area (Å²) in [7, 11) is -3.49. The Bertz CT molecular complexity index is 968. The highest BCUT2D eigenvalue weighted by atomic mass is 32.1. The summed E-state index contributed by atoms with van der Waals surface area (Å²) in [4.78, 5) is 24.6. The third kappa shape index (κ3) is 3.96. The van der Waals surface area contributed by atoms with Crippen molar-refractivity contribution < 1.29 is 27.6 Å². The minimum atomic E-state index is -3.49. The molecule has 3 unspecified atom stereocenters. The zero-order valence-electron chi connectivity index (χ0n) is 14.0. The molecule has 1 aromatic carbocycles. The van der Waals surface area contributed by atoms with Gasteiger partial charge in [0.25, 0.3) is 0 Å². The molecule has 0 bridgehead atoms. The SMILES string of the molecule is O=c1[nH]c(=S)c(F)cn1C1CCC(CO[P+]2(O)OCc3ccccc3O2)O1. The van der Waals surface area contributed by atoms with Crippen LogP contribution in [0.2, 0.25) is 0 Å². The van der Waals surface area contributed by atoms with Crippen molar-refractivity contribution in [2.24, 2.45) is 0 Å². The average Bonchev–Trinajstić information content (AvgIpc) is 3.12. The molecule has 3 atom stereocenters. The molecule has 1 saturated heterocycles. The molecule has 144 valence electrons. The van der Waals surface area contributed by atoms with E-state index in [1.54, 1.807) is 12.1 Å². The molecule has 1 aromatic heterocycles. The van der Waals surface area contributed by atoms with E-state index in [4.69, 9.17) is 30.5 Å². The number of fused-ring (bicyclic) bond motifs is 1. The number of para-hydroxylation sites is 1. The zero-order valence-corrected chi connectivity index (χ0v) is 15.7. The number of hydrogen-bond acceptors (Lipinski definition) is 7. The van der Waals surface area contributed by atoms with E-state index in [9.17, 15) is 14.1 Å². The molecule has 0 spiro atoms. The number of hydrogen-bond donors (Lipinski definition) is 2. The average molecular weight is 415 g/mol. The van der Waals surface area contributed by atoms with E-state index >= 15 is 0 Å². The van der Waals surface area contributed by atoms with Gasteiger partial charge in [-0.05, 0) is 18.9 Å². The zero-order chi connectivity index (χ0) is 19.0. The van der Waals surface area contributed by atoms with Crippen LogP contribution in [0.3, 0.4) is 0 Å². The molecule has 11 heteroatoms. The predicted octanol–water partition coefficient (Wildman–Crippen LogP) is 3.02. The van der Waals surface area contributed by atoms with E-state index in [0.717, 1.165) is 16.3 Å². The molecule has 2 aliphatic rings. The molecule has 1 fully saturated rings. The molecule has 2 aromatic rings. The number of aromatic nitrogens is 2. The fourth-order valence-electron chi connectivity index (χ4n) is 2.94. The molecule has 0 saturated carbocycles. The van der Waals surface area contributed by atoms with Crippen LogP contribution < -0.4 is 10.2 Å². The van der Waals surface area contributed by atoms with Crippen LogP contribution in [0.5, 0.6) is 5.75 Å². The second-order valence-electron chi connectivity index (χ2n) is 6.17. The number of nitrogens with zero attached hydrogens (tertiary/aromatic N) is 1. The van der Waals surface area contributed by atoms with Crippen molar-refractivity contribution >= 4 is 20.4 Å². The third-order valence-corrected chi connectivity index (χ3v) is 5.97. The Kier molecular flexibility index (Phi) is 5.11. The summed E-state index contributed by atoms with van der Waals surface area (Å²) in [6, 6.07) is 7.21. The van der Waals surface area contributed by atoms with Gasteiger partial charge in [0.15, 0.2) is 11.6 Å². The Morgan fingerprint density at radius 2 is 2.22 bits per heavy atom. The van der Waals surface area contributed by atoms with Crippen molar-refractivity contribution in [2.75, 3.05) is 6.61 Å². The first-order valence-electron chi connectivity index (χ1n) is 8.28. The number of halogens is 1. The Balaban J connectivity index is 1.38. The molecular formula is C16H17FN2O6PS+. The van der Waals surface area contributed by atoms with E-state index in [0.29, 0.717) is 18.6 Å². The molecule has 2 aliphatic heterocycles. The van der Waals surface area contributed by atoms with E-state index < -0.39 is 32.0 Å². The topological polar surface area (TPSA) is 94.9 Å². The maximum absolute atomic E-state index is 13.6. The minimum Gasteiger partial charge on any atom is -0.352 e. The van der Waals surface area contributed by atoms with Crippen LogP contribution in [-0.4, -0.2) is 27.2 Å². The van der Waals surface area contributed by atoms with Gasteiger partial charge in [-0.2, -0.15) is 4.89 Å². The standard InChI is InChI=1S/C16H16FN2O6PS/c17-12-7-19(16(20)18-15(12)27)14-6-5-11(24-14)9-23-26(21)22-8-10-3-1-2-4-13(10)25-26/h1-4,7,11,14,21H,5-6,8-9H2/p+1. The minimum absolute atomic E-state index is 0.0169. The quantitative estimate of drug-likeness (QED) is 0.586. The molecule has 4 rings (SSSR count). The molecule has 0 amide bonds. The largest absolute Gasteiger partial charge is 0.619 e. The van der Waals surface area contributed by atoms with Crippen molar-refractivity contribution in [3.05, 3.63) is 57.0 Å². The lowest BCUT2D eigenvalue weighted by molar-refractivity contribution is -0.0305. The highest BCUT2D eigenvalue weighted by Gasteiger charge is 2.51. The summed E-state index contributed by atoms with van der Waals surface area (Å²) in [6.45, 7) is 0.204. The maximum atomic E-state index is 13.6. The van der Waals surface area contributed by atoms with Gasteiger partial charge in [-0.3, -0.25) is 14.1 Å². The van der Waals surface area contributed by atoms with Gasteiger partial charge in [0, 0.05) is 5.56 Å². The van der Waals surface area contributed by atoms with Crippen molar-refractivity contribution in [2.45, 2.75) is 31.8 Å². The van der Waals surface area contributed by atoms with Gasteiger partial charge in [0.05, 0.1) is 12.3 Å². The molecule has 2 N–H and O–H groups in total. The summed E-state index contributed by atoms with van der Waals surface area (Å²) in [6.07, 6.45) is 1.03. The van der Waals surface area contributed by atoms with E-state index in [1.807, 2.05) is 12.1 Å². The summed E-state index contributed by atoms with van der Waals surface area (Å²) < 4.78 is 36.6. The Morgan fingerprint density at radius 1 is 1.41 bits per heavy atom. The number of benzene rings is 1. The van der Waals surface area contributed by atoms with Gasteiger partial charge in [-0.15, -0.1) is 9.05 Å². The molecule has 0 radical (unpaired) electrons. The number of aromatic amines is 1. The van der Waals surface area contributed by atoms with Crippen molar-refractivity contribution in [3.63, 3.8) is 0 Å². The molecular weight excluding hydrogens is 398 g/mol. The van der Waals surface area contributed by atoms with Crippen LogP contribution in [0.25, 0.3) is 0 Å². The molecule has 3 heterocycles. The highest BCUT2D eigenvalue weighted by Crippen LogP contribution is 2.61. The first kappa shape index (κ1) is 18.7. The van der Waals surface area contributed by atoms with Crippen LogP contribution in [0.1, 0.15) is 24.6 Å². The summed E-state index contributed by atoms with van der Waals surface area (Å²) in [5.74, 6) is -0.179. The molecule has 8 nitrogen and oxygen atoms in total. The van der Waals surface area contributed by atoms with Crippen LogP contribution in [0.4, 0.5) is 4.39 Å². The van der Waals surface area contributed by atoms with Gasteiger partial charge < -0.3 is 4.74 Å². The Labute approximate surface area is 159 Å². The summed E-state index contributed by atoms with van der Waals surface area (Å²) >= 11 is 4.70.